The number of aromatic nitrogens is 4. The molecule has 3 aromatic rings. The lowest BCUT2D eigenvalue weighted by Crippen LogP contribution is -2.38. The van der Waals surface area contributed by atoms with Crippen LogP contribution < -0.4 is 4.74 Å². The Hall–Kier alpha value is -2.48. The van der Waals surface area contributed by atoms with E-state index in [-0.39, 0.29) is 6.10 Å². The first-order valence-corrected chi connectivity index (χ1v) is 9.57. The molecule has 0 aliphatic carbocycles. The Morgan fingerprint density at radius 3 is 2.82 bits per heavy atom. The molecule has 4 rings (SSSR count). The number of methoxy groups -OCH3 is 1. The number of hydrogen-bond donors (Lipinski definition) is 0. The van der Waals surface area contributed by atoms with Gasteiger partial charge in [-0.05, 0) is 22.4 Å². The molecule has 2 heterocycles. The van der Waals surface area contributed by atoms with Gasteiger partial charge in [0.1, 0.15) is 11.9 Å². The van der Waals surface area contributed by atoms with Crippen molar-refractivity contribution in [3.63, 3.8) is 0 Å². The second kappa shape index (κ2) is 8.68. The zero-order valence-corrected chi connectivity index (χ0v) is 16.4. The minimum Gasteiger partial charge on any atom is -0.495 e. The van der Waals surface area contributed by atoms with E-state index >= 15 is 0 Å². The number of halogens is 1. The van der Waals surface area contributed by atoms with Crippen LogP contribution in [-0.4, -0.2) is 51.9 Å². The highest BCUT2D eigenvalue weighted by molar-refractivity contribution is 6.32. The summed E-state index contributed by atoms with van der Waals surface area (Å²) >= 11 is 6.36. The number of benzene rings is 2. The maximum atomic E-state index is 6.36. The van der Waals surface area contributed by atoms with E-state index in [1.165, 1.54) is 10.4 Å². The molecule has 1 aliphatic heterocycles. The molecule has 0 saturated carbocycles. The Bertz CT molecular complexity index is 918. The molecule has 0 spiro atoms. The van der Waals surface area contributed by atoms with Crippen LogP contribution in [0.5, 0.6) is 5.75 Å². The minimum absolute atomic E-state index is 0.188. The summed E-state index contributed by atoms with van der Waals surface area (Å²) in [4.78, 5) is 3.89. The van der Waals surface area contributed by atoms with E-state index in [1.807, 2.05) is 24.3 Å². The number of ether oxygens (including phenoxy) is 2. The first-order chi connectivity index (χ1) is 13.7. The van der Waals surface area contributed by atoms with E-state index in [4.69, 9.17) is 21.1 Å². The van der Waals surface area contributed by atoms with Gasteiger partial charge < -0.3 is 9.47 Å². The predicted octanol–water partition coefficient (Wildman–Crippen LogP) is 2.96. The quantitative estimate of drug-likeness (QED) is 0.635. The van der Waals surface area contributed by atoms with Crippen molar-refractivity contribution in [3.05, 3.63) is 70.5 Å². The summed E-state index contributed by atoms with van der Waals surface area (Å²) in [7, 11) is 1.60. The minimum atomic E-state index is -0.188. The van der Waals surface area contributed by atoms with Crippen molar-refractivity contribution >= 4 is 11.6 Å². The molecular weight excluding hydrogens is 378 g/mol. The number of morpholine rings is 1. The molecule has 1 aromatic heterocycles. The SMILES string of the molecule is COc1cccc(Cn2nnc(C3CN(Cc4ccccc4)CCO3)n2)c1Cl. The highest BCUT2D eigenvalue weighted by Crippen LogP contribution is 2.28. The summed E-state index contributed by atoms with van der Waals surface area (Å²) in [6, 6.07) is 16.1. The second-order valence-electron chi connectivity index (χ2n) is 6.69. The number of tetrazole rings is 1. The van der Waals surface area contributed by atoms with Crippen LogP contribution >= 0.6 is 11.6 Å². The lowest BCUT2D eigenvalue weighted by atomic mass is 10.2. The average molecular weight is 400 g/mol. The maximum absolute atomic E-state index is 6.36. The third-order valence-electron chi connectivity index (χ3n) is 4.73. The van der Waals surface area contributed by atoms with Crippen molar-refractivity contribution < 1.29 is 9.47 Å². The largest absolute Gasteiger partial charge is 0.495 e. The molecule has 1 atom stereocenters. The van der Waals surface area contributed by atoms with E-state index in [0.717, 1.165) is 25.2 Å². The molecule has 1 saturated heterocycles. The fraction of sp³-hybridized carbons (Fsp3) is 0.350. The second-order valence-corrected chi connectivity index (χ2v) is 7.07. The monoisotopic (exact) mass is 399 g/mol. The molecular formula is C20H22ClN5O2. The van der Waals surface area contributed by atoms with E-state index in [0.29, 0.717) is 29.7 Å². The van der Waals surface area contributed by atoms with Crippen LogP contribution in [0.25, 0.3) is 0 Å². The van der Waals surface area contributed by atoms with Gasteiger partial charge in [-0.1, -0.05) is 54.1 Å². The zero-order valence-electron chi connectivity index (χ0n) is 15.7. The first kappa shape index (κ1) is 18.9. The van der Waals surface area contributed by atoms with Crippen LogP contribution in [-0.2, 0) is 17.8 Å². The summed E-state index contributed by atoms with van der Waals surface area (Å²) in [6.07, 6.45) is -0.188. The van der Waals surface area contributed by atoms with E-state index in [2.05, 4.69) is 44.6 Å². The smallest absolute Gasteiger partial charge is 0.204 e. The molecule has 146 valence electrons. The Kier molecular flexibility index (Phi) is 5.85. The topological polar surface area (TPSA) is 65.3 Å². The van der Waals surface area contributed by atoms with Gasteiger partial charge in [0.05, 0.1) is 25.3 Å². The Morgan fingerprint density at radius 2 is 2.00 bits per heavy atom. The lowest BCUT2D eigenvalue weighted by molar-refractivity contribution is -0.0373. The standard InChI is InChI=1S/C20H22ClN5O2/c1-27-17-9-5-8-16(19(17)21)13-26-23-20(22-24-26)18-14-25(10-11-28-18)12-15-6-3-2-4-7-15/h2-9,18H,10-14H2,1H3. The van der Waals surface area contributed by atoms with Gasteiger partial charge in [0.2, 0.25) is 5.82 Å². The van der Waals surface area contributed by atoms with Gasteiger partial charge in [0, 0.05) is 19.6 Å². The van der Waals surface area contributed by atoms with Crippen molar-refractivity contribution in [1.29, 1.82) is 0 Å². The molecule has 0 amide bonds. The molecule has 1 fully saturated rings. The summed E-state index contributed by atoms with van der Waals surface area (Å²) in [5.74, 6) is 1.23. The van der Waals surface area contributed by atoms with Crippen LogP contribution in [0.15, 0.2) is 48.5 Å². The van der Waals surface area contributed by atoms with Crippen molar-refractivity contribution in [2.45, 2.75) is 19.2 Å². The number of hydrogen-bond acceptors (Lipinski definition) is 6. The van der Waals surface area contributed by atoms with Gasteiger partial charge in [-0.2, -0.15) is 4.80 Å². The molecule has 8 heteroatoms. The van der Waals surface area contributed by atoms with E-state index in [1.54, 1.807) is 7.11 Å². The molecule has 2 aromatic carbocycles. The summed E-state index contributed by atoms with van der Waals surface area (Å²) < 4.78 is 11.2. The number of rotatable bonds is 6. The van der Waals surface area contributed by atoms with Crippen LogP contribution in [0.4, 0.5) is 0 Å². The third-order valence-corrected chi connectivity index (χ3v) is 5.16. The van der Waals surface area contributed by atoms with Crippen molar-refractivity contribution in [3.8, 4) is 5.75 Å². The third kappa shape index (κ3) is 4.32. The Labute approximate surface area is 168 Å². The normalized spacial score (nSPS) is 17.6. The van der Waals surface area contributed by atoms with Gasteiger partial charge in [0.25, 0.3) is 0 Å². The van der Waals surface area contributed by atoms with Gasteiger partial charge in [-0.3, -0.25) is 4.90 Å². The summed E-state index contributed by atoms with van der Waals surface area (Å²) in [5, 5.41) is 13.4. The molecule has 0 bridgehead atoms. The van der Waals surface area contributed by atoms with Gasteiger partial charge in [0.15, 0.2) is 0 Å². The van der Waals surface area contributed by atoms with Crippen LogP contribution in [0.1, 0.15) is 23.1 Å². The first-order valence-electron chi connectivity index (χ1n) is 9.20. The van der Waals surface area contributed by atoms with Crippen LogP contribution in [0.3, 0.4) is 0 Å². The molecule has 1 unspecified atom stereocenters. The van der Waals surface area contributed by atoms with Crippen molar-refractivity contribution in [1.82, 2.24) is 25.1 Å². The molecule has 28 heavy (non-hydrogen) atoms. The molecule has 0 radical (unpaired) electrons. The molecule has 0 N–H and O–H groups in total. The fourth-order valence-corrected chi connectivity index (χ4v) is 3.55. The summed E-state index contributed by atoms with van der Waals surface area (Å²) in [5.41, 5.74) is 2.16. The zero-order chi connectivity index (χ0) is 19.3. The van der Waals surface area contributed by atoms with E-state index in [9.17, 15) is 0 Å². The fourth-order valence-electron chi connectivity index (χ4n) is 3.28. The van der Waals surface area contributed by atoms with Crippen molar-refractivity contribution in [2.75, 3.05) is 26.8 Å². The average Bonchev–Trinajstić information content (AvgIpc) is 3.19. The Balaban J connectivity index is 1.42. The van der Waals surface area contributed by atoms with Crippen LogP contribution in [0, 0.1) is 0 Å². The lowest BCUT2D eigenvalue weighted by Gasteiger charge is -2.31. The molecule has 7 nitrogen and oxygen atoms in total. The Morgan fingerprint density at radius 1 is 1.14 bits per heavy atom. The van der Waals surface area contributed by atoms with Gasteiger partial charge in [-0.25, -0.2) is 0 Å². The highest BCUT2D eigenvalue weighted by Gasteiger charge is 2.26. The summed E-state index contributed by atoms with van der Waals surface area (Å²) in [6.45, 7) is 3.57. The maximum Gasteiger partial charge on any atom is 0.204 e. The van der Waals surface area contributed by atoms with Gasteiger partial charge >= 0.3 is 0 Å². The molecule has 1 aliphatic rings. The van der Waals surface area contributed by atoms with Crippen molar-refractivity contribution in [2.24, 2.45) is 0 Å². The number of nitrogens with zero attached hydrogens (tertiary/aromatic N) is 5. The highest BCUT2D eigenvalue weighted by atomic mass is 35.5. The van der Waals surface area contributed by atoms with Crippen LogP contribution in [0.2, 0.25) is 5.02 Å². The van der Waals surface area contributed by atoms with Gasteiger partial charge in [-0.15, -0.1) is 10.2 Å². The van der Waals surface area contributed by atoms with E-state index < -0.39 is 0 Å². The predicted molar refractivity (Wildman–Crippen MR) is 105 cm³/mol.